The number of hydrogen-bond acceptors (Lipinski definition) is 9. The highest BCUT2D eigenvalue weighted by atomic mass is 19.4. The molecule has 1 saturated heterocycles. The van der Waals surface area contributed by atoms with Gasteiger partial charge in [0, 0.05) is 49.5 Å². The molecule has 0 radical (unpaired) electrons. The molecule has 1 aromatic carbocycles. The quantitative estimate of drug-likeness (QED) is 0.157. The Bertz CT molecular complexity index is 1740. The summed E-state index contributed by atoms with van der Waals surface area (Å²) < 4.78 is 43.6. The standard InChI is InChI=1S/C29H31F3N10O3/c1-2-17-12-18(4-5-20(17)27(44)35-7-3-8-36-28(45)22-13-19(43)14-37-22)39-25-26-38-15-23(42(26)11-9-34-25)21-16-41(10-6-33)40-24(21)29(30,31)32/h4-5,9,11-12,15-16,19,22,37,43H,2-3,7-8,10,13-14H2,1H3,(H,34,39)(H,35,44)(H,36,45)/t19-,22+/m1/s1. The van der Waals surface area contributed by atoms with E-state index in [2.05, 4.69) is 36.3 Å². The monoisotopic (exact) mass is 624 g/mol. The molecule has 236 valence electrons. The van der Waals surface area contributed by atoms with Gasteiger partial charge in [0.2, 0.25) is 5.91 Å². The number of carbonyl (C=O) groups excluding carboxylic acids is 2. The third-order valence-corrected chi connectivity index (χ3v) is 7.32. The molecule has 3 aromatic heterocycles. The van der Waals surface area contributed by atoms with Gasteiger partial charge >= 0.3 is 6.18 Å². The summed E-state index contributed by atoms with van der Waals surface area (Å²) in [6.45, 7) is 2.69. The number of benzene rings is 1. The average molecular weight is 625 g/mol. The van der Waals surface area contributed by atoms with Gasteiger partial charge in [-0.3, -0.25) is 18.7 Å². The van der Waals surface area contributed by atoms with Crippen molar-refractivity contribution < 1.29 is 27.9 Å². The Balaban J connectivity index is 1.26. The lowest BCUT2D eigenvalue weighted by Gasteiger charge is -2.13. The fourth-order valence-electron chi connectivity index (χ4n) is 5.14. The molecule has 1 aliphatic rings. The zero-order valence-electron chi connectivity index (χ0n) is 24.2. The van der Waals surface area contributed by atoms with Crippen LogP contribution in [-0.4, -0.2) is 72.9 Å². The summed E-state index contributed by atoms with van der Waals surface area (Å²) in [4.78, 5) is 33.7. The van der Waals surface area contributed by atoms with E-state index in [9.17, 15) is 27.9 Å². The lowest BCUT2D eigenvalue weighted by atomic mass is 10.0. The summed E-state index contributed by atoms with van der Waals surface area (Å²) in [6, 6.07) is 6.54. The van der Waals surface area contributed by atoms with Crippen LogP contribution in [0.2, 0.25) is 0 Å². The molecule has 2 amide bonds. The van der Waals surface area contributed by atoms with E-state index >= 15 is 0 Å². The van der Waals surface area contributed by atoms with Crippen LogP contribution in [0.3, 0.4) is 0 Å². The first-order chi connectivity index (χ1) is 21.6. The van der Waals surface area contributed by atoms with E-state index < -0.39 is 24.0 Å². The van der Waals surface area contributed by atoms with Crippen molar-refractivity contribution in [3.8, 4) is 17.3 Å². The Hall–Kier alpha value is -5.01. The topological polar surface area (TPSA) is 174 Å². The summed E-state index contributed by atoms with van der Waals surface area (Å²) in [7, 11) is 0. The van der Waals surface area contributed by atoms with Gasteiger partial charge in [-0.05, 0) is 43.0 Å². The van der Waals surface area contributed by atoms with Crippen molar-refractivity contribution in [1.29, 1.82) is 5.26 Å². The maximum absolute atomic E-state index is 13.8. The number of aromatic nitrogens is 5. The number of nitrogens with zero attached hydrogens (tertiary/aromatic N) is 6. The smallest absolute Gasteiger partial charge is 0.392 e. The number of nitriles is 1. The van der Waals surface area contributed by atoms with E-state index in [1.807, 2.05) is 6.92 Å². The number of halogens is 3. The minimum absolute atomic E-state index is 0.127. The molecule has 2 atom stereocenters. The molecule has 13 nitrogen and oxygen atoms in total. The lowest BCUT2D eigenvalue weighted by Crippen LogP contribution is -2.41. The summed E-state index contributed by atoms with van der Waals surface area (Å²) in [6.07, 6.45) is 1.54. The first kappa shape index (κ1) is 31.4. The van der Waals surface area contributed by atoms with Crippen LogP contribution >= 0.6 is 0 Å². The summed E-state index contributed by atoms with van der Waals surface area (Å²) in [5.41, 5.74) is 0.882. The number of aliphatic hydroxyl groups excluding tert-OH is 1. The molecule has 0 aliphatic carbocycles. The molecule has 5 rings (SSSR count). The van der Waals surface area contributed by atoms with E-state index in [4.69, 9.17) is 5.26 Å². The molecule has 4 heterocycles. The molecule has 0 bridgehead atoms. The van der Waals surface area contributed by atoms with Crippen LogP contribution in [0.1, 0.15) is 41.4 Å². The van der Waals surface area contributed by atoms with Gasteiger partial charge in [0.05, 0.1) is 35.7 Å². The van der Waals surface area contributed by atoms with Crippen LogP contribution in [0.15, 0.2) is 43.0 Å². The fraction of sp³-hybridized carbons (Fsp3) is 0.379. The summed E-state index contributed by atoms with van der Waals surface area (Å²) >= 11 is 0. The van der Waals surface area contributed by atoms with Gasteiger partial charge in [0.15, 0.2) is 17.2 Å². The third kappa shape index (κ3) is 7.05. The van der Waals surface area contributed by atoms with Crippen LogP contribution in [0, 0.1) is 11.3 Å². The number of carbonyl (C=O) groups is 2. The predicted molar refractivity (Wildman–Crippen MR) is 156 cm³/mol. The molecule has 4 aromatic rings. The molecule has 0 unspecified atom stereocenters. The molecule has 16 heteroatoms. The first-order valence-corrected chi connectivity index (χ1v) is 14.3. The summed E-state index contributed by atoms with van der Waals surface area (Å²) in [5, 5.41) is 33.8. The van der Waals surface area contributed by atoms with E-state index in [0.717, 1.165) is 16.4 Å². The van der Waals surface area contributed by atoms with Crippen molar-refractivity contribution in [3.63, 3.8) is 0 Å². The SMILES string of the molecule is CCc1cc(Nc2nccn3c(-c4cn(CC#N)nc4C(F)(F)F)cnc23)ccc1C(=O)NCCCNC(=O)[C@@H]1C[C@@H](O)CN1. The molecule has 45 heavy (non-hydrogen) atoms. The van der Waals surface area contributed by atoms with Gasteiger partial charge in [-0.2, -0.15) is 23.5 Å². The number of anilines is 2. The number of aliphatic hydroxyl groups is 1. The van der Waals surface area contributed by atoms with Gasteiger partial charge in [-0.15, -0.1) is 0 Å². The Morgan fingerprint density at radius 2 is 2.02 bits per heavy atom. The van der Waals surface area contributed by atoms with Crippen molar-refractivity contribution >= 4 is 29.0 Å². The second-order valence-electron chi connectivity index (χ2n) is 10.5. The van der Waals surface area contributed by atoms with Crippen molar-refractivity contribution in [2.45, 2.75) is 51.1 Å². The van der Waals surface area contributed by atoms with E-state index in [1.54, 1.807) is 24.3 Å². The number of hydrogen-bond donors (Lipinski definition) is 5. The number of imidazole rings is 1. The second-order valence-corrected chi connectivity index (χ2v) is 10.5. The van der Waals surface area contributed by atoms with Crippen molar-refractivity contribution in [2.75, 3.05) is 25.0 Å². The molecular formula is C29H31F3N10O3. The molecule has 5 N–H and O–H groups in total. The van der Waals surface area contributed by atoms with E-state index in [0.29, 0.717) is 50.1 Å². The van der Waals surface area contributed by atoms with Gasteiger partial charge < -0.3 is 26.4 Å². The second kappa shape index (κ2) is 13.3. The molecule has 1 fully saturated rings. The zero-order chi connectivity index (χ0) is 32.1. The van der Waals surface area contributed by atoms with Crippen molar-refractivity contribution in [2.24, 2.45) is 0 Å². The van der Waals surface area contributed by atoms with E-state index in [-0.39, 0.29) is 41.1 Å². The van der Waals surface area contributed by atoms with Gasteiger partial charge in [0.25, 0.3) is 5.91 Å². The van der Waals surface area contributed by atoms with Crippen molar-refractivity contribution in [3.05, 3.63) is 59.8 Å². The number of β-amino-alcohol motifs (C(OH)–C–C–N with tert-alkyl or cyclic N) is 1. The third-order valence-electron chi connectivity index (χ3n) is 7.32. The number of aryl methyl sites for hydroxylation is 1. The number of rotatable bonds is 11. The highest BCUT2D eigenvalue weighted by Gasteiger charge is 2.38. The van der Waals surface area contributed by atoms with E-state index in [1.165, 1.54) is 23.0 Å². The Morgan fingerprint density at radius 1 is 1.22 bits per heavy atom. The van der Waals surface area contributed by atoms with Crippen LogP contribution < -0.4 is 21.3 Å². The average Bonchev–Trinajstić information content (AvgIpc) is 3.75. The highest BCUT2D eigenvalue weighted by Crippen LogP contribution is 2.37. The van der Waals surface area contributed by atoms with Gasteiger partial charge in [-0.25, -0.2) is 9.97 Å². The minimum atomic E-state index is -4.74. The number of nitrogens with one attached hydrogen (secondary N) is 4. The van der Waals surface area contributed by atoms with Gasteiger partial charge in [-0.1, -0.05) is 6.92 Å². The van der Waals surface area contributed by atoms with Gasteiger partial charge in [0.1, 0.15) is 6.54 Å². The molecule has 0 saturated carbocycles. The molecular weight excluding hydrogens is 593 g/mol. The lowest BCUT2D eigenvalue weighted by molar-refractivity contribution is -0.141. The normalized spacial score (nSPS) is 16.4. The Labute approximate surface area is 255 Å². The summed E-state index contributed by atoms with van der Waals surface area (Å²) in [5.74, 6) is -0.157. The number of fused-ring (bicyclic) bond motifs is 1. The predicted octanol–water partition coefficient (Wildman–Crippen LogP) is 2.40. The van der Waals surface area contributed by atoms with Crippen LogP contribution in [0.4, 0.5) is 24.7 Å². The maximum Gasteiger partial charge on any atom is 0.435 e. The number of alkyl halides is 3. The molecule has 0 spiro atoms. The highest BCUT2D eigenvalue weighted by molar-refractivity contribution is 5.96. The zero-order valence-corrected chi connectivity index (χ0v) is 24.2. The minimum Gasteiger partial charge on any atom is -0.392 e. The van der Waals surface area contributed by atoms with Crippen LogP contribution in [0.5, 0.6) is 0 Å². The Morgan fingerprint density at radius 3 is 2.73 bits per heavy atom. The van der Waals surface area contributed by atoms with Crippen molar-refractivity contribution in [1.82, 2.24) is 40.1 Å². The van der Waals surface area contributed by atoms with Crippen LogP contribution in [0.25, 0.3) is 16.9 Å². The largest absolute Gasteiger partial charge is 0.435 e. The first-order valence-electron chi connectivity index (χ1n) is 14.3. The fourth-order valence-corrected chi connectivity index (χ4v) is 5.14. The Kier molecular flexibility index (Phi) is 9.30. The molecule has 1 aliphatic heterocycles. The number of amides is 2. The maximum atomic E-state index is 13.8. The van der Waals surface area contributed by atoms with Crippen LogP contribution in [-0.2, 0) is 23.9 Å².